The van der Waals surface area contributed by atoms with E-state index < -0.39 is 5.60 Å². The van der Waals surface area contributed by atoms with Gasteiger partial charge in [0.15, 0.2) is 0 Å². The zero-order valence-corrected chi connectivity index (χ0v) is 15.7. The molecule has 0 radical (unpaired) electrons. The SMILES string of the molecule is Cc1ccc(C(C)(C)O)cc1CN(C)CC=CC#CC(C)(C)C. The Morgan fingerprint density at radius 3 is 2.39 bits per heavy atom. The molecule has 0 fully saturated rings. The summed E-state index contributed by atoms with van der Waals surface area (Å²) in [5.74, 6) is 6.29. The van der Waals surface area contributed by atoms with Crippen LogP contribution in [0, 0.1) is 24.2 Å². The first-order valence-corrected chi connectivity index (χ1v) is 8.18. The van der Waals surface area contributed by atoms with Crippen molar-refractivity contribution in [2.75, 3.05) is 13.6 Å². The van der Waals surface area contributed by atoms with Crippen molar-refractivity contribution in [3.05, 3.63) is 47.0 Å². The smallest absolute Gasteiger partial charge is 0.0840 e. The highest BCUT2D eigenvalue weighted by Crippen LogP contribution is 2.23. The van der Waals surface area contributed by atoms with Gasteiger partial charge in [-0.15, -0.1) is 0 Å². The molecule has 2 nitrogen and oxygen atoms in total. The highest BCUT2D eigenvalue weighted by Gasteiger charge is 2.17. The first kappa shape index (κ1) is 19.5. The summed E-state index contributed by atoms with van der Waals surface area (Å²) >= 11 is 0. The van der Waals surface area contributed by atoms with Gasteiger partial charge in [0.25, 0.3) is 0 Å². The average molecular weight is 313 g/mol. The summed E-state index contributed by atoms with van der Waals surface area (Å²) in [5.41, 5.74) is 2.70. The molecule has 23 heavy (non-hydrogen) atoms. The van der Waals surface area contributed by atoms with E-state index in [1.165, 1.54) is 11.1 Å². The van der Waals surface area contributed by atoms with Gasteiger partial charge in [0.2, 0.25) is 0 Å². The van der Waals surface area contributed by atoms with Crippen LogP contribution in [-0.2, 0) is 12.1 Å². The van der Waals surface area contributed by atoms with Gasteiger partial charge >= 0.3 is 0 Å². The maximum absolute atomic E-state index is 10.2. The fourth-order valence-electron chi connectivity index (χ4n) is 2.13. The van der Waals surface area contributed by atoms with E-state index in [4.69, 9.17) is 0 Å². The van der Waals surface area contributed by atoms with Crippen LogP contribution in [0.1, 0.15) is 51.3 Å². The number of hydrogen-bond donors (Lipinski definition) is 1. The zero-order chi connectivity index (χ0) is 17.7. The van der Waals surface area contributed by atoms with Gasteiger partial charge in [-0.3, -0.25) is 4.90 Å². The molecule has 0 spiro atoms. The second-order valence-electron chi connectivity index (χ2n) is 7.82. The summed E-state index contributed by atoms with van der Waals surface area (Å²) in [5, 5.41) is 10.2. The molecule has 1 N–H and O–H groups in total. The van der Waals surface area contributed by atoms with Crippen LogP contribution in [0.25, 0.3) is 0 Å². The van der Waals surface area contributed by atoms with Gasteiger partial charge in [-0.2, -0.15) is 0 Å². The number of aryl methyl sites for hydroxylation is 1. The van der Waals surface area contributed by atoms with Gasteiger partial charge in [0.05, 0.1) is 5.60 Å². The van der Waals surface area contributed by atoms with Crippen molar-refractivity contribution in [2.24, 2.45) is 5.41 Å². The van der Waals surface area contributed by atoms with E-state index in [1.807, 2.05) is 26.0 Å². The van der Waals surface area contributed by atoms with E-state index in [1.54, 1.807) is 0 Å². The summed E-state index contributed by atoms with van der Waals surface area (Å²) in [6.45, 7) is 13.8. The summed E-state index contributed by atoms with van der Waals surface area (Å²) in [4.78, 5) is 2.24. The van der Waals surface area contributed by atoms with Crippen molar-refractivity contribution in [3.63, 3.8) is 0 Å². The minimum absolute atomic E-state index is 0.0465. The molecular formula is C21H31NO. The molecule has 0 saturated carbocycles. The van der Waals surface area contributed by atoms with Crippen molar-refractivity contribution in [2.45, 2.75) is 53.7 Å². The largest absolute Gasteiger partial charge is 0.386 e. The van der Waals surface area contributed by atoms with Gasteiger partial charge in [0.1, 0.15) is 0 Å². The lowest BCUT2D eigenvalue weighted by Crippen LogP contribution is -2.20. The Bertz CT molecular complexity index is 603. The molecule has 0 unspecified atom stereocenters. The summed E-state index contributed by atoms with van der Waals surface area (Å²) in [7, 11) is 2.09. The Morgan fingerprint density at radius 2 is 1.83 bits per heavy atom. The van der Waals surface area contributed by atoms with Crippen molar-refractivity contribution in [3.8, 4) is 11.8 Å². The molecule has 0 bridgehead atoms. The number of likely N-dealkylation sites (N-methyl/N-ethyl adjacent to an activating group) is 1. The first-order valence-electron chi connectivity index (χ1n) is 8.18. The van der Waals surface area contributed by atoms with Crippen LogP contribution < -0.4 is 0 Å². The predicted octanol–water partition coefficient (Wildman–Crippen LogP) is 4.26. The number of hydrogen-bond acceptors (Lipinski definition) is 2. The normalized spacial score (nSPS) is 12.6. The molecule has 2 heteroatoms. The third-order valence-corrected chi connectivity index (χ3v) is 3.56. The van der Waals surface area contributed by atoms with Crippen LogP contribution in [0.15, 0.2) is 30.4 Å². The Balaban J connectivity index is 2.69. The number of benzene rings is 1. The Morgan fingerprint density at radius 1 is 1.17 bits per heavy atom. The maximum atomic E-state index is 10.2. The van der Waals surface area contributed by atoms with E-state index in [9.17, 15) is 5.11 Å². The van der Waals surface area contributed by atoms with Gasteiger partial charge in [-0.25, -0.2) is 0 Å². The monoisotopic (exact) mass is 313 g/mol. The third kappa shape index (κ3) is 7.50. The number of nitrogens with zero attached hydrogens (tertiary/aromatic N) is 1. The molecule has 1 aromatic rings. The lowest BCUT2D eigenvalue weighted by atomic mass is 9.94. The molecule has 0 aliphatic rings. The van der Waals surface area contributed by atoms with Crippen LogP contribution in [-0.4, -0.2) is 23.6 Å². The fourth-order valence-corrected chi connectivity index (χ4v) is 2.13. The standard InChI is InChI=1S/C21H31NO/c1-17-11-12-19(21(5,6)23)15-18(17)16-22(7)14-10-8-9-13-20(2,3)4/h8,10-12,15,23H,14,16H2,1-7H3. The highest BCUT2D eigenvalue weighted by atomic mass is 16.3. The molecule has 0 heterocycles. The van der Waals surface area contributed by atoms with Gasteiger partial charge < -0.3 is 5.11 Å². The van der Waals surface area contributed by atoms with Crippen LogP contribution in [0.4, 0.5) is 0 Å². The fraction of sp³-hybridized carbons (Fsp3) is 0.524. The highest BCUT2D eigenvalue weighted by molar-refractivity contribution is 5.33. The summed E-state index contributed by atoms with van der Waals surface area (Å²) < 4.78 is 0. The minimum Gasteiger partial charge on any atom is -0.386 e. The molecular weight excluding hydrogens is 282 g/mol. The van der Waals surface area contributed by atoms with E-state index in [0.29, 0.717) is 0 Å². The molecule has 0 amide bonds. The van der Waals surface area contributed by atoms with E-state index in [-0.39, 0.29) is 5.41 Å². The van der Waals surface area contributed by atoms with Gasteiger partial charge in [-0.05, 0) is 71.4 Å². The lowest BCUT2D eigenvalue weighted by Gasteiger charge is -2.21. The summed E-state index contributed by atoms with van der Waals surface area (Å²) in [6.07, 6.45) is 4.02. The lowest BCUT2D eigenvalue weighted by molar-refractivity contribution is 0.0784. The van der Waals surface area contributed by atoms with Crippen molar-refractivity contribution >= 4 is 0 Å². The number of rotatable bonds is 5. The minimum atomic E-state index is -0.802. The predicted molar refractivity (Wildman–Crippen MR) is 99.1 cm³/mol. The Labute approximate surface area is 142 Å². The van der Waals surface area contributed by atoms with Crippen LogP contribution in [0.5, 0.6) is 0 Å². The second-order valence-corrected chi connectivity index (χ2v) is 7.82. The number of allylic oxidation sites excluding steroid dienone is 1. The topological polar surface area (TPSA) is 23.5 Å². The van der Waals surface area contributed by atoms with Crippen molar-refractivity contribution in [1.82, 2.24) is 4.90 Å². The molecule has 0 aliphatic heterocycles. The third-order valence-electron chi connectivity index (χ3n) is 3.56. The van der Waals surface area contributed by atoms with Gasteiger partial charge in [0, 0.05) is 18.5 Å². The Hall–Kier alpha value is -1.56. The van der Waals surface area contributed by atoms with Crippen molar-refractivity contribution < 1.29 is 5.11 Å². The molecule has 1 aromatic carbocycles. The molecule has 0 atom stereocenters. The Kier molecular flexibility index (Phi) is 6.62. The zero-order valence-electron chi connectivity index (χ0n) is 15.7. The van der Waals surface area contributed by atoms with E-state index >= 15 is 0 Å². The van der Waals surface area contributed by atoms with Crippen LogP contribution in [0.3, 0.4) is 0 Å². The molecule has 0 aromatic heterocycles. The van der Waals surface area contributed by atoms with Gasteiger partial charge in [-0.1, -0.05) is 36.1 Å². The van der Waals surface area contributed by atoms with E-state index in [2.05, 4.69) is 69.7 Å². The van der Waals surface area contributed by atoms with Crippen molar-refractivity contribution in [1.29, 1.82) is 0 Å². The molecule has 126 valence electrons. The first-order chi connectivity index (χ1) is 10.5. The number of aliphatic hydroxyl groups is 1. The second kappa shape index (κ2) is 7.81. The van der Waals surface area contributed by atoms with E-state index in [0.717, 1.165) is 18.7 Å². The maximum Gasteiger partial charge on any atom is 0.0840 e. The van der Waals surface area contributed by atoms with Crippen LogP contribution >= 0.6 is 0 Å². The van der Waals surface area contributed by atoms with Crippen LogP contribution in [0.2, 0.25) is 0 Å². The average Bonchev–Trinajstić information content (AvgIpc) is 2.38. The molecule has 1 rings (SSSR count). The molecule has 0 aliphatic carbocycles. The quantitative estimate of drug-likeness (QED) is 0.821. The summed E-state index contributed by atoms with van der Waals surface area (Å²) in [6, 6.07) is 6.19. The molecule has 0 saturated heterocycles.